The molecule has 3 rings (SSSR count). The molecule has 0 radical (unpaired) electrons. The Bertz CT molecular complexity index is 841. The van der Waals surface area contributed by atoms with Gasteiger partial charge in [-0.05, 0) is 51.3 Å². The number of rotatable bonds is 5. The van der Waals surface area contributed by atoms with E-state index in [1.54, 1.807) is 11.0 Å². The number of benzene rings is 2. The molecule has 5 heteroatoms. The molecule has 0 aromatic heterocycles. The number of likely N-dealkylation sites (tertiary alicyclic amines) is 1. The van der Waals surface area contributed by atoms with E-state index in [0.29, 0.717) is 31.0 Å². The molecule has 29 heavy (non-hydrogen) atoms. The maximum Gasteiger partial charge on any atom is 0.410 e. The molecule has 1 heterocycles. The van der Waals surface area contributed by atoms with Crippen LogP contribution >= 0.6 is 0 Å². The highest BCUT2D eigenvalue weighted by atomic mass is 16.6. The van der Waals surface area contributed by atoms with Gasteiger partial charge in [0.2, 0.25) is 0 Å². The Hall–Kier alpha value is -2.82. The van der Waals surface area contributed by atoms with E-state index < -0.39 is 5.60 Å². The first-order valence-electron chi connectivity index (χ1n) is 10.1. The Balaban J connectivity index is 1.63. The van der Waals surface area contributed by atoms with E-state index in [1.165, 1.54) is 0 Å². The summed E-state index contributed by atoms with van der Waals surface area (Å²) in [5, 5.41) is 0. The van der Waals surface area contributed by atoms with E-state index in [2.05, 4.69) is 0 Å². The van der Waals surface area contributed by atoms with Crippen LogP contribution in [0.1, 0.15) is 49.5 Å². The molecular formula is C24H29NO4. The summed E-state index contributed by atoms with van der Waals surface area (Å²) in [6, 6.07) is 17.2. The normalized spacial score (nSPS) is 16.9. The Morgan fingerprint density at radius 3 is 2.55 bits per heavy atom. The van der Waals surface area contributed by atoms with Gasteiger partial charge in [-0.15, -0.1) is 0 Å². The second-order valence-corrected chi connectivity index (χ2v) is 8.43. The molecule has 0 N–H and O–H groups in total. The second-order valence-electron chi connectivity index (χ2n) is 8.43. The lowest BCUT2D eigenvalue weighted by molar-refractivity contribution is 0.0172. The van der Waals surface area contributed by atoms with Gasteiger partial charge < -0.3 is 14.4 Å². The highest BCUT2D eigenvalue weighted by Crippen LogP contribution is 2.24. The minimum absolute atomic E-state index is 0.0448. The van der Waals surface area contributed by atoms with Crippen molar-refractivity contribution in [2.24, 2.45) is 5.92 Å². The zero-order chi connectivity index (χ0) is 20.9. The summed E-state index contributed by atoms with van der Waals surface area (Å²) in [7, 11) is 0. The quantitative estimate of drug-likeness (QED) is 0.661. The number of hydrogen-bond acceptors (Lipinski definition) is 4. The fraction of sp³-hybridized carbons (Fsp3) is 0.417. The highest BCUT2D eigenvalue weighted by molar-refractivity contribution is 5.98. The summed E-state index contributed by atoms with van der Waals surface area (Å²) in [6.07, 6.45) is 1.21. The molecule has 1 amide bonds. The lowest BCUT2D eigenvalue weighted by atomic mass is 9.90. The van der Waals surface area contributed by atoms with E-state index in [-0.39, 0.29) is 17.8 Å². The standard InChI is InChI=1S/C24H29NO4/c1-24(2,3)29-23(27)25-14-8-12-20(16-25)22(26)19-11-7-13-21(15-19)28-17-18-9-5-4-6-10-18/h4-7,9-11,13,15,20H,8,12,14,16-17H2,1-3H3/t20-/m0/s1. The number of ether oxygens (including phenoxy) is 2. The van der Waals surface area contributed by atoms with Gasteiger partial charge in [-0.25, -0.2) is 4.79 Å². The van der Waals surface area contributed by atoms with Crippen LogP contribution < -0.4 is 4.74 Å². The van der Waals surface area contributed by atoms with Crippen LogP contribution in [0, 0.1) is 5.92 Å². The first kappa shape index (κ1) is 20.9. The number of hydrogen-bond donors (Lipinski definition) is 0. The summed E-state index contributed by atoms with van der Waals surface area (Å²) < 4.78 is 11.3. The smallest absolute Gasteiger partial charge is 0.410 e. The second kappa shape index (κ2) is 9.12. The topological polar surface area (TPSA) is 55.8 Å². The van der Waals surface area contributed by atoms with Gasteiger partial charge in [-0.2, -0.15) is 0 Å². The largest absolute Gasteiger partial charge is 0.489 e. The predicted molar refractivity (Wildman–Crippen MR) is 112 cm³/mol. The predicted octanol–water partition coefficient (Wildman–Crippen LogP) is 5.10. The third-order valence-electron chi connectivity index (χ3n) is 4.81. The van der Waals surface area contributed by atoms with E-state index in [1.807, 2.05) is 69.3 Å². The molecule has 0 spiro atoms. The van der Waals surface area contributed by atoms with Crippen LogP contribution in [0.4, 0.5) is 4.79 Å². The lowest BCUT2D eigenvalue weighted by Gasteiger charge is -2.33. The third-order valence-corrected chi connectivity index (χ3v) is 4.81. The van der Waals surface area contributed by atoms with E-state index >= 15 is 0 Å². The van der Waals surface area contributed by atoms with Gasteiger partial charge in [0.15, 0.2) is 5.78 Å². The maximum atomic E-state index is 13.0. The Kier molecular flexibility index (Phi) is 6.57. The van der Waals surface area contributed by atoms with Gasteiger partial charge >= 0.3 is 6.09 Å². The van der Waals surface area contributed by atoms with Crippen LogP contribution in [-0.4, -0.2) is 35.5 Å². The van der Waals surface area contributed by atoms with Crippen LogP contribution in [-0.2, 0) is 11.3 Å². The van der Waals surface area contributed by atoms with Crippen molar-refractivity contribution in [1.29, 1.82) is 0 Å². The molecule has 154 valence electrons. The summed E-state index contributed by atoms with van der Waals surface area (Å²) >= 11 is 0. The number of amides is 1. The van der Waals surface area contributed by atoms with Crippen molar-refractivity contribution in [3.8, 4) is 5.75 Å². The number of piperidine rings is 1. The summed E-state index contributed by atoms with van der Waals surface area (Å²) in [5.74, 6) is 0.489. The first-order chi connectivity index (χ1) is 13.8. The average Bonchev–Trinajstić information content (AvgIpc) is 2.71. The van der Waals surface area contributed by atoms with Gasteiger partial charge in [0.25, 0.3) is 0 Å². The Morgan fingerprint density at radius 2 is 1.83 bits per heavy atom. The van der Waals surface area contributed by atoms with Gasteiger partial charge in [0.1, 0.15) is 18.0 Å². The molecule has 2 aromatic rings. The summed E-state index contributed by atoms with van der Waals surface area (Å²) in [6.45, 7) is 7.01. The third kappa shape index (κ3) is 6.08. The summed E-state index contributed by atoms with van der Waals surface area (Å²) in [4.78, 5) is 27.1. The van der Waals surface area contributed by atoms with E-state index in [9.17, 15) is 9.59 Å². The van der Waals surface area contributed by atoms with Gasteiger partial charge in [0, 0.05) is 24.6 Å². The Morgan fingerprint density at radius 1 is 1.07 bits per heavy atom. The van der Waals surface area contributed by atoms with Crippen LogP contribution in [0.3, 0.4) is 0 Å². The lowest BCUT2D eigenvalue weighted by Crippen LogP contribution is -2.44. The molecule has 1 saturated heterocycles. The molecule has 0 unspecified atom stereocenters. The SMILES string of the molecule is CC(C)(C)OC(=O)N1CCC[C@H](C(=O)c2cccc(OCc3ccccc3)c2)C1. The minimum atomic E-state index is -0.543. The van der Waals surface area contributed by atoms with Gasteiger partial charge in [-0.1, -0.05) is 42.5 Å². The fourth-order valence-electron chi connectivity index (χ4n) is 3.40. The molecule has 0 aliphatic carbocycles. The maximum absolute atomic E-state index is 13.0. The molecule has 1 aliphatic heterocycles. The Labute approximate surface area is 172 Å². The molecule has 5 nitrogen and oxygen atoms in total. The average molecular weight is 395 g/mol. The fourth-order valence-corrected chi connectivity index (χ4v) is 3.40. The van der Waals surface area contributed by atoms with Crippen molar-refractivity contribution in [3.63, 3.8) is 0 Å². The molecular weight excluding hydrogens is 366 g/mol. The van der Waals surface area contributed by atoms with E-state index in [0.717, 1.165) is 18.4 Å². The van der Waals surface area contributed by atoms with Crippen molar-refractivity contribution in [2.45, 2.75) is 45.8 Å². The molecule has 0 saturated carbocycles. The number of carbonyl (C=O) groups excluding carboxylic acids is 2. The monoisotopic (exact) mass is 395 g/mol. The van der Waals surface area contributed by atoms with Gasteiger partial charge in [-0.3, -0.25) is 4.79 Å². The minimum Gasteiger partial charge on any atom is -0.489 e. The first-order valence-corrected chi connectivity index (χ1v) is 10.1. The van der Waals surface area contributed by atoms with Crippen LogP contribution in [0.25, 0.3) is 0 Å². The highest BCUT2D eigenvalue weighted by Gasteiger charge is 2.31. The van der Waals surface area contributed by atoms with Crippen molar-refractivity contribution < 1.29 is 19.1 Å². The summed E-state index contributed by atoms with van der Waals surface area (Å²) in [5.41, 5.74) is 1.15. The molecule has 2 aromatic carbocycles. The number of ketones is 1. The zero-order valence-corrected chi connectivity index (χ0v) is 17.4. The van der Waals surface area contributed by atoms with Crippen molar-refractivity contribution in [1.82, 2.24) is 4.90 Å². The van der Waals surface area contributed by atoms with Crippen LogP contribution in [0.15, 0.2) is 54.6 Å². The van der Waals surface area contributed by atoms with Crippen molar-refractivity contribution in [3.05, 3.63) is 65.7 Å². The van der Waals surface area contributed by atoms with Crippen molar-refractivity contribution >= 4 is 11.9 Å². The number of Topliss-reactive ketones (excluding diaryl/α,β-unsaturated/α-hetero) is 1. The van der Waals surface area contributed by atoms with Crippen LogP contribution in [0.5, 0.6) is 5.75 Å². The number of nitrogens with zero attached hydrogens (tertiary/aromatic N) is 1. The molecule has 1 aliphatic rings. The van der Waals surface area contributed by atoms with Crippen molar-refractivity contribution in [2.75, 3.05) is 13.1 Å². The number of carbonyl (C=O) groups is 2. The van der Waals surface area contributed by atoms with E-state index in [4.69, 9.17) is 9.47 Å². The molecule has 1 atom stereocenters. The molecule has 1 fully saturated rings. The van der Waals surface area contributed by atoms with Gasteiger partial charge in [0.05, 0.1) is 0 Å². The zero-order valence-electron chi connectivity index (χ0n) is 17.4. The van der Waals surface area contributed by atoms with Crippen LogP contribution in [0.2, 0.25) is 0 Å². The molecule has 0 bridgehead atoms.